The molecule has 2 aliphatic rings. The van der Waals surface area contributed by atoms with Gasteiger partial charge in [-0.2, -0.15) is 0 Å². The molecule has 3 aromatic rings. The summed E-state index contributed by atoms with van der Waals surface area (Å²) in [6.45, 7) is 7.08. The lowest BCUT2D eigenvalue weighted by atomic mass is 9.80. The first-order chi connectivity index (χ1) is 15.6. The Labute approximate surface area is 196 Å². The minimum absolute atomic E-state index is 0.00563. The minimum atomic E-state index is -0.931. The first kappa shape index (κ1) is 21.6. The van der Waals surface area contributed by atoms with E-state index in [-0.39, 0.29) is 23.9 Å². The van der Waals surface area contributed by atoms with Crippen molar-refractivity contribution in [3.63, 3.8) is 0 Å². The van der Waals surface area contributed by atoms with E-state index in [0.717, 1.165) is 11.1 Å². The number of benzene rings is 3. The Bertz CT molecular complexity index is 1290. The molecule has 0 saturated heterocycles. The van der Waals surface area contributed by atoms with E-state index < -0.39 is 5.54 Å². The van der Waals surface area contributed by atoms with Crippen molar-refractivity contribution in [3.05, 3.63) is 76.6 Å². The molecule has 7 heteroatoms. The second kappa shape index (κ2) is 7.66. The van der Waals surface area contributed by atoms with Crippen LogP contribution in [-0.2, 0) is 10.3 Å². The highest BCUT2D eigenvalue weighted by molar-refractivity contribution is 6.30. The first-order valence-electron chi connectivity index (χ1n) is 10.7. The lowest BCUT2D eigenvalue weighted by Gasteiger charge is -2.34. The summed E-state index contributed by atoms with van der Waals surface area (Å²) in [5.41, 5.74) is 7.62. The van der Waals surface area contributed by atoms with E-state index in [1.165, 1.54) is 12.1 Å². The van der Waals surface area contributed by atoms with E-state index in [0.29, 0.717) is 40.0 Å². The van der Waals surface area contributed by atoms with Crippen molar-refractivity contribution >= 4 is 17.6 Å². The predicted molar refractivity (Wildman–Crippen MR) is 127 cm³/mol. The molecule has 0 bridgehead atoms. The lowest BCUT2D eigenvalue weighted by molar-refractivity contribution is 0.197. The quantitative estimate of drug-likeness (QED) is 0.494. The molecular formula is C26H24ClFN2O3. The Morgan fingerprint density at radius 2 is 1.79 bits per heavy atom. The first-order valence-corrected chi connectivity index (χ1v) is 11.1. The zero-order valence-corrected chi connectivity index (χ0v) is 19.4. The predicted octanol–water partition coefficient (Wildman–Crippen LogP) is 6.27. The number of aliphatic imine (C=N–C) groups is 1. The van der Waals surface area contributed by atoms with Crippen LogP contribution in [0.4, 0.5) is 4.39 Å². The van der Waals surface area contributed by atoms with Crippen LogP contribution in [-0.4, -0.2) is 19.2 Å². The molecule has 0 saturated carbocycles. The Morgan fingerprint density at radius 3 is 2.48 bits per heavy atom. The fraction of sp³-hybridized carbons (Fsp3) is 0.269. The molecule has 5 rings (SSSR count). The summed E-state index contributed by atoms with van der Waals surface area (Å²) in [6, 6.07) is 15.7. The summed E-state index contributed by atoms with van der Waals surface area (Å²) >= 11 is 6.13. The summed E-state index contributed by atoms with van der Waals surface area (Å²) in [7, 11) is 0. The van der Waals surface area contributed by atoms with Gasteiger partial charge in [0.05, 0.1) is 6.61 Å². The number of rotatable bonds is 3. The minimum Gasteiger partial charge on any atom is -0.493 e. The van der Waals surface area contributed by atoms with Gasteiger partial charge in [-0.25, -0.2) is 9.38 Å². The Morgan fingerprint density at radius 1 is 1.06 bits per heavy atom. The molecule has 0 amide bonds. The van der Waals surface area contributed by atoms with Crippen molar-refractivity contribution in [1.82, 2.24) is 0 Å². The molecule has 2 aliphatic heterocycles. The van der Waals surface area contributed by atoms with Gasteiger partial charge in [-0.1, -0.05) is 38.4 Å². The van der Waals surface area contributed by atoms with Crippen molar-refractivity contribution < 1.29 is 18.6 Å². The van der Waals surface area contributed by atoms with E-state index in [2.05, 4.69) is 20.8 Å². The fourth-order valence-electron chi connectivity index (χ4n) is 4.11. The van der Waals surface area contributed by atoms with E-state index in [9.17, 15) is 4.39 Å². The number of nitrogens with zero attached hydrogens (tertiary/aromatic N) is 1. The van der Waals surface area contributed by atoms with Gasteiger partial charge in [0.2, 0.25) is 0 Å². The fourth-order valence-corrected chi connectivity index (χ4v) is 4.28. The summed E-state index contributed by atoms with van der Waals surface area (Å²) in [5, 5.41) is 0.451. The van der Waals surface area contributed by atoms with Crippen LogP contribution >= 0.6 is 11.6 Å². The molecule has 2 heterocycles. The Kier molecular flexibility index (Phi) is 5.01. The van der Waals surface area contributed by atoms with Crippen LogP contribution in [0.15, 0.2) is 59.6 Å². The summed E-state index contributed by atoms with van der Waals surface area (Å²) in [4.78, 5) is 4.70. The summed E-state index contributed by atoms with van der Waals surface area (Å²) in [5.74, 6) is 1.59. The van der Waals surface area contributed by atoms with Crippen molar-refractivity contribution in [2.45, 2.75) is 26.3 Å². The van der Waals surface area contributed by atoms with Gasteiger partial charge < -0.3 is 19.9 Å². The third kappa shape index (κ3) is 3.89. The topological polar surface area (TPSA) is 66.1 Å². The number of hydrogen-bond donors (Lipinski definition) is 1. The van der Waals surface area contributed by atoms with Gasteiger partial charge in [0, 0.05) is 21.7 Å². The van der Waals surface area contributed by atoms with Crippen LogP contribution in [0.25, 0.3) is 11.1 Å². The van der Waals surface area contributed by atoms with E-state index in [4.69, 9.17) is 36.5 Å². The van der Waals surface area contributed by atoms with E-state index in [1.54, 1.807) is 12.1 Å². The third-order valence-corrected chi connectivity index (χ3v) is 5.92. The third-order valence-electron chi connectivity index (χ3n) is 5.68. The molecule has 0 radical (unpaired) electrons. The van der Waals surface area contributed by atoms with Gasteiger partial charge in [0.1, 0.15) is 29.7 Å². The van der Waals surface area contributed by atoms with Crippen molar-refractivity contribution in [2.75, 3.05) is 13.2 Å². The molecule has 0 fully saturated rings. The lowest BCUT2D eigenvalue weighted by Crippen LogP contribution is -2.31. The van der Waals surface area contributed by atoms with Gasteiger partial charge >= 0.3 is 0 Å². The van der Waals surface area contributed by atoms with Crippen LogP contribution in [0, 0.1) is 11.2 Å². The van der Waals surface area contributed by atoms with Crippen molar-refractivity contribution in [2.24, 2.45) is 16.1 Å². The maximum absolute atomic E-state index is 14.6. The highest BCUT2D eigenvalue weighted by Crippen LogP contribution is 2.52. The molecule has 0 aliphatic carbocycles. The van der Waals surface area contributed by atoms with Crippen LogP contribution in [0.5, 0.6) is 17.2 Å². The van der Waals surface area contributed by atoms with Crippen LogP contribution < -0.4 is 15.2 Å². The largest absolute Gasteiger partial charge is 0.493 e. The number of nitrogens with two attached hydrogens (primary N) is 1. The molecule has 2 N–H and O–H groups in total. The number of hydrogen-bond acceptors (Lipinski definition) is 5. The molecule has 0 aromatic heterocycles. The number of fused-ring (bicyclic) bond motifs is 4. The van der Waals surface area contributed by atoms with Crippen molar-refractivity contribution in [3.8, 4) is 28.4 Å². The van der Waals surface area contributed by atoms with Gasteiger partial charge in [-0.05, 0) is 59.5 Å². The second-order valence-corrected chi connectivity index (χ2v) is 9.98. The monoisotopic (exact) mass is 466 g/mol. The maximum Gasteiger partial charge on any atom is 0.283 e. The number of halogens is 2. The number of amidine groups is 1. The van der Waals surface area contributed by atoms with E-state index in [1.807, 2.05) is 30.3 Å². The van der Waals surface area contributed by atoms with Gasteiger partial charge in [0.25, 0.3) is 6.02 Å². The molecule has 1 spiro atoms. The molecule has 3 aromatic carbocycles. The standard InChI is InChI=1S/C26H24ClFN2O3/c1-25(2,3)13-31-17-6-9-23-20(12-17)26(14-32-24(29)30-26)19-10-15(4-8-22(19)33-23)18-11-16(27)5-7-21(18)28/h4-12H,13-14H2,1-3H3,(H2,29,30)/t26-/m0/s1. The normalized spacial score (nSPS) is 18.8. The van der Waals surface area contributed by atoms with Gasteiger partial charge in [-0.3, -0.25) is 0 Å². The molecule has 1 atom stereocenters. The molecule has 0 unspecified atom stereocenters. The van der Waals surface area contributed by atoms with Crippen LogP contribution in [0.2, 0.25) is 5.02 Å². The van der Waals surface area contributed by atoms with Crippen LogP contribution in [0.1, 0.15) is 31.9 Å². The summed E-state index contributed by atoms with van der Waals surface area (Å²) < 4.78 is 32.5. The highest BCUT2D eigenvalue weighted by atomic mass is 35.5. The average molecular weight is 467 g/mol. The Hall–Kier alpha value is -3.25. The smallest absolute Gasteiger partial charge is 0.283 e. The molecule has 5 nitrogen and oxygen atoms in total. The van der Waals surface area contributed by atoms with Gasteiger partial charge in [0.15, 0.2) is 5.54 Å². The summed E-state index contributed by atoms with van der Waals surface area (Å²) in [6.07, 6.45) is 0. The van der Waals surface area contributed by atoms with Gasteiger partial charge in [-0.15, -0.1) is 0 Å². The molecule has 33 heavy (non-hydrogen) atoms. The van der Waals surface area contributed by atoms with Crippen molar-refractivity contribution in [1.29, 1.82) is 0 Å². The average Bonchev–Trinajstić information content (AvgIpc) is 3.16. The zero-order valence-electron chi connectivity index (χ0n) is 18.6. The van der Waals surface area contributed by atoms with E-state index >= 15 is 0 Å². The maximum atomic E-state index is 14.6. The number of ether oxygens (including phenoxy) is 3. The molecular weight excluding hydrogens is 443 g/mol. The highest BCUT2D eigenvalue weighted by Gasteiger charge is 2.47. The van der Waals surface area contributed by atoms with Crippen LogP contribution in [0.3, 0.4) is 0 Å². The Balaban J connectivity index is 1.64. The molecule has 170 valence electrons. The second-order valence-electron chi connectivity index (χ2n) is 9.54. The SMILES string of the molecule is CC(C)(C)COc1ccc2c(c1)[C@]1(COC(N)=N1)c1cc(-c3cc(Cl)ccc3F)ccc1O2. The zero-order chi connectivity index (χ0) is 23.4.